The number of nitrogens with zero attached hydrogens (tertiary/aromatic N) is 1. The minimum atomic E-state index is -3.96. The lowest BCUT2D eigenvalue weighted by Crippen LogP contribution is -2.22. The number of nitrogens with one attached hydrogen (secondary N) is 1. The van der Waals surface area contributed by atoms with Gasteiger partial charge in [-0.2, -0.15) is 0 Å². The molecule has 0 bridgehead atoms. The van der Waals surface area contributed by atoms with Crippen LogP contribution < -0.4 is 4.72 Å². The van der Waals surface area contributed by atoms with Crippen LogP contribution in [0.25, 0.3) is 0 Å². The van der Waals surface area contributed by atoms with Crippen LogP contribution in [0, 0.1) is 12.7 Å². The first-order chi connectivity index (χ1) is 11.0. The largest absolute Gasteiger partial charge is 0.279 e. The van der Waals surface area contributed by atoms with E-state index in [-0.39, 0.29) is 15.5 Å². The maximum absolute atomic E-state index is 12.9. The second-order valence-corrected chi connectivity index (χ2v) is 9.16. The van der Waals surface area contributed by atoms with E-state index < -0.39 is 25.9 Å². The van der Waals surface area contributed by atoms with E-state index in [2.05, 4.69) is 4.72 Å². The highest BCUT2D eigenvalue weighted by molar-refractivity contribution is 7.92. The summed E-state index contributed by atoms with van der Waals surface area (Å²) in [7, 11) is -4.88. The lowest BCUT2D eigenvalue weighted by Gasteiger charge is -2.15. The smallest absolute Gasteiger partial charge is 0.261 e. The number of halogens is 1. The first-order valence-electron chi connectivity index (χ1n) is 6.85. The van der Waals surface area contributed by atoms with Crippen molar-refractivity contribution in [1.29, 1.82) is 0 Å². The predicted octanol–water partition coefficient (Wildman–Crippen LogP) is 2.19. The highest BCUT2D eigenvalue weighted by Crippen LogP contribution is 2.24. The Morgan fingerprint density at radius 2 is 1.46 bits per heavy atom. The maximum Gasteiger partial charge on any atom is 0.261 e. The van der Waals surface area contributed by atoms with Crippen molar-refractivity contribution >= 4 is 25.7 Å². The topological polar surface area (TPSA) is 83.6 Å². The van der Waals surface area contributed by atoms with E-state index in [0.29, 0.717) is 5.56 Å². The highest BCUT2D eigenvalue weighted by Gasteiger charge is 2.20. The van der Waals surface area contributed by atoms with Gasteiger partial charge in [-0.05, 0) is 48.9 Å². The second kappa shape index (κ2) is 6.50. The number of anilines is 1. The number of aryl methyl sites for hydroxylation is 1. The van der Waals surface area contributed by atoms with Gasteiger partial charge in [0.1, 0.15) is 5.82 Å². The monoisotopic (exact) mass is 372 g/mol. The molecule has 2 aromatic carbocycles. The molecule has 0 aliphatic heterocycles. The van der Waals surface area contributed by atoms with Gasteiger partial charge in [0.2, 0.25) is 10.0 Å². The van der Waals surface area contributed by atoms with Crippen LogP contribution in [0.3, 0.4) is 0 Å². The Bertz CT molecular complexity index is 953. The van der Waals surface area contributed by atoms with E-state index in [4.69, 9.17) is 0 Å². The van der Waals surface area contributed by atoms with E-state index >= 15 is 0 Å². The van der Waals surface area contributed by atoms with Gasteiger partial charge >= 0.3 is 0 Å². The molecule has 0 aliphatic carbocycles. The fraction of sp³-hybridized carbons (Fsp3) is 0.200. The van der Waals surface area contributed by atoms with Crippen molar-refractivity contribution in [2.45, 2.75) is 16.7 Å². The molecule has 9 heteroatoms. The summed E-state index contributed by atoms with van der Waals surface area (Å²) < 4.78 is 65.4. The third-order valence-electron chi connectivity index (χ3n) is 3.36. The van der Waals surface area contributed by atoms with Crippen LogP contribution in [0.1, 0.15) is 5.56 Å². The number of hydrogen-bond donors (Lipinski definition) is 1. The summed E-state index contributed by atoms with van der Waals surface area (Å²) in [6.07, 6.45) is 0. The molecule has 24 heavy (non-hydrogen) atoms. The quantitative estimate of drug-likeness (QED) is 0.872. The van der Waals surface area contributed by atoms with Gasteiger partial charge in [-0.3, -0.25) is 4.72 Å². The van der Waals surface area contributed by atoms with Gasteiger partial charge in [0.15, 0.2) is 0 Å². The van der Waals surface area contributed by atoms with Crippen LogP contribution in [0.2, 0.25) is 0 Å². The van der Waals surface area contributed by atoms with E-state index in [0.717, 1.165) is 28.6 Å². The fourth-order valence-corrected chi connectivity index (χ4v) is 3.95. The van der Waals surface area contributed by atoms with E-state index in [1.54, 1.807) is 6.92 Å². The molecule has 0 heterocycles. The molecule has 0 spiro atoms. The Kier molecular flexibility index (Phi) is 4.97. The zero-order valence-electron chi connectivity index (χ0n) is 13.3. The van der Waals surface area contributed by atoms with Gasteiger partial charge < -0.3 is 0 Å². The van der Waals surface area contributed by atoms with E-state index in [9.17, 15) is 21.2 Å². The molecule has 1 N–H and O–H groups in total. The summed E-state index contributed by atoms with van der Waals surface area (Å²) in [5, 5.41) is 0. The van der Waals surface area contributed by atoms with Crippen molar-refractivity contribution in [3.8, 4) is 0 Å². The summed E-state index contributed by atoms with van der Waals surface area (Å²) in [5.41, 5.74) is 0.695. The fourth-order valence-electron chi connectivity index (χ4n) is 1.90. The summed E-state index contributed by atoms with van der Waals surface area (Å²) in [6, 6.07) is 8.51. The Morgan fingerprint density at radius 3 is 2.00 bits per heavy atom. The Morgan fingerprint density at radius 1 is 0.917 bits per heavy atom. The van der Waals surface area contributed by atoms with Crippen molar-refractivity contribution in [1.82, 2.24) is 4.31 Å². The predicted molar refractivity (Wildman–Crippen MR) is 89.3 cm³/mol. The van der Waals surface area contributed by atoms with Crippen LogP contribution in [0.15, 0.2) is 52.3 Å². The summed E-state index contributed by atoms with van der Waals surface area (Å²) in [4.78, 5) is -0.154. The van der Waals surface area contributed by atoms with Gasteiger partial charge in [0, 0.05) is 14.1 Å². The molecular formula is C15H17FN2O4S2. The molecule has 2 aromatic rings. The average Bonchev–Trinajstić information content (AvgIpc) is 2.49. The van der Waals surface area contributed by atoms with Gasteiger partial charge in [0.25, 0.3) is 10.0 Å². The van der Waals surface area contributed by atoms with Crippen LogP contribution in [-0.4, -0.2) is 35.2 Å². The normalized spacial score (nSPS) is 12.4. The maximum atomic E-state index is 12.9. The van der Waals surface area contributed by atoms with Gasteiger partial charge in [-0.1, -0.05) is 6.07 Å². The summed E-state index contributed by atoms with van der Waals surface area (Å²) >= 11 is 0. The van der Waals surface area contributed by atoms with Crippen molar-refractivity contribution in [2.24, 2.45) is 0 Å². The van der Waals surface area contributed by atoms with Gasteiger partial charge in [-0.15, -0.1) is 0 Å². The zero-order chi connectivity index (χ0) is 18.1. The van der Waals surface area contributed by atoms with E-state index in [1.165, 1.54) is 32.3 Å². The van der Waals surface area contributed by atoms with Crippen LogP contribution in [0.5, 0.6) is 0 Å². The Balaban J connectivity index is 2.44. The van der Waals surface area contributed by atoms with Gasteiger partial charge in [-0.25, -0.2) is 25.5 Å². The minimum Gasteiger partial charge on any atom is -0.279 e. The van der Waals surface area contributed by atoms with Gasteiger partial charge in [0.05, 0.1) is 15.5 Å². The van der Waals surface area contributed by atoms with Crippen molar-refractivity contribution < 1.29 is 21.2 Å². The lowest BCUT2D eigenvalue weighted by atomic mass is 10.2. The highest BCUT2D eigenvalue weighted by atomic mass is 32.2. The molecule has 0 atom stereocenters. The summed E-state index contributed by atoms with van der Waals surface area (Å²) in [6.45, 7) is 1.65. The standard InChI is InChI=1S/C15H17FN2O4S2/c1-11-4-7-14(24(21,22)18(2)3)10-15(11)17-23(19,20)13-8-5-12(16)6-9-13/h4-10,17H,1-3H3. The van der Waals surface area contributed by atoms with Crippen LogP contribution >= 0.6 is 0 Å². The molecule has 2 rings (SSSR count). The molecule has 6 nitrogen and oxygen atoms in total. The average molecular weight is 372 g/mol. The second-order valence-electron chi connectivity index (χ2n) is 5.32. The molecule has 0 radical (unpaired) electrons. The van der Waals surface area contributed by atoms with Crippen molar-refractivity contribution in [3.63, 3.8) is 0 Å². The number of hydrogen-bond acceptors (Lipinski definition) is 4. The third kappa shape index (κ3) is 3.74. The minimum absolute atomic E-state index is 0.0325. The summed E-state index contributed by atoms with van der Waals surface area (Å²) in [5.74, 6) is -0.552. The lowest BCUT2D eigenvalue weighted by molar-refractivity contribution is 0.520. The molecule has 0 unspecified atom stereocenters. The Labute approximate surface area is 141 Å². The molecule has 0 saturated carbocycles. The SMILES string of the molecule is Cc1ccc(S(=O)(=O)N(C)C)cc1NS(=O)(=O)c1ccc(F)cc1. The van der Waals surface area contributed by atoms with Crippen molar-refractivity contribution in [2.75, 3.05) is 18.8 Å². The van der Waals surface area contributed by atoms with Crippen molar-refractivity contribution in [3.05, 3.63) is 53.8 Å². The number of rotatable bonds is 5. The van der Waals surface area contributed by atoms with Crippen LogP contribution in [0.4, 0.5) is 10.1 Å². The first-order valence-corrected chi connectivity index (χ1v) is 9.78. The Hall–Kier alpha value is -1.97. The zero-order valence-corrected chi connectivity index (χ0v) is 14.9. The molecule has 0 saturated heterocycles. The molecule has 0 aliphatic rings. The number of benzene rings is 2. The number of sulfonamides is 2. The molecule has 0 aromatic heterocycles. The third-order valence-corrected chi connectivity index (χ3v) is 6.55. The van der Waals surface area contributed by atoms with E-state index in [1.807, 2.05) is 0 Å². The molecule has 0 amide bonds. The molecule has 0 fully saturated rings. The molecular weight excluding hydrogens is 355 g/mol. The molecule has 130 valence electrons. The first kappa shape index (κ1) is 18.4. The van der Waals surface area contributed by atoms with Crippen LogP contribution in [-0.2, 0) is 20.0 Å².